The van der Waals surface area contributed by atoms with Crippen LogP contribution in [0.3, 0.4) is 0 Å². The van der Waals surface area contributed by atoms with E-state index in [2.05, 4.69) is 21.2 Å². The lowest BCUT2D eigenvalue weighted by Crippen LogP contribution is -2.25. The van der Waals surface area contributed by atoms with Gasteiger partial charge in [0.15, 0.2) is 0 Å². The smallest absolute Gasteiger partial charge is 0.268 e. The first kappa shape index (κ1) is 19.8. The van der Waals surface area contributed by atoms with Gasteiger partial charge in [-0.3, -0.25) is 4.79 Å². The van der Waals surface area contributed by atoms with Gasteiger partial charge in [-0.2, -0.15) is 0 Å². The fourth-order valence-corrected chi connectivity index (χ4v) is 4.99. The van der Waals surface area contributed by atoms with Crippen LogP contribution >= 0.6 is 27.3 Å². The van der Waals surface area contributed by atoms with Gasteiger partial charge in [-0.05, 0) is 40.5 Å². The van der Waals surface area contributed by atoms with Gasteiger partial charge in [0, 0.05) is 23.6 Å². The molecule has 0 radical (unpaired) electrons. The van der Waals surface area contributed by atoms with E-state index in [0.717, 1.165) is 31.9 Å². The Morgan fingerprint density at radius 3 is 2.76 bits per heavy atom. The normalized spacial score (nSPS) is 11.2. The summed E-state index contributed by atoms with van der Waals surface area (Å²) in [6, 6.07) is 13.2. The number of hydrogen-bond acceptors (Lipinski definition) is 2. The van der Waals surface area contributed by atoms with Crippen molar-refractivity contribution >= 4 is 43.4 Å². The molecule has 0 aliphatic heterocycles. The van der Waals surface area contributed by atoms with Crippen LogP contribution in [0.15, 0.2) is 58.4 Å². The molecule has 0 bridgehead atoms. The Bertz CT molecular complexity index is 1210. The highest BCUT2D eigenvalue weighted by Crippen LogP contribution is 2.34. The molecule has 29 heavy (non-hydrogen) atoms. The molecule has 0 aliphatic carbocycles. The molecule has 7 heteroatoms. The molecule has 4 aromatic rings. The third-order valence-electron chi connectivity index (χ3n) is 4.69. The number of carbonyl (C=O) groups is 1. The van der Waals surface area contributed by atoms with Crippen molar-refractivity contribution < 1.29 is 13.6 Å². The van der Waals surface area contributed by atoms with E-state index in [1.165, 1.54) is 23.5 Å². The zero-order valence-corrected chi connectivity index (χ0v) is 17.9. The number of nitrogens with one attached hydrogen (secondary N) is 1. The number of aryl methyl sites for hydroxylation is 1. The third kappa shape index (κ3) is 4.11. The van der Waals surface area contributed by atoms with Crippen LogP contribution in [0.2, 0.25) is 0 Å². The van der Waals surface area contributed by atoms with Gasteiger partial charge in [-0.15, -0.1) is 11.3 Å². The SMILES string of the molecule is Cc1cccc(CNC(=O)c2cc3scc(Br)c3n2Cc2ccc(F)cc2F)c1. The minimum Gasteiger partial charge on any atom is -0.347 e. The fraction of sp³-hybridized carbons (Fsp3) is 0.136. The molecule has 1 amide bonds. The van der Waals surface area contributed by atoms with Gasteiger partial charge in [-0.1, -0.05) is 35.9 Å². The summed E-state index contributed by atoms with van der Waals surface area (Å²) in [5.74, 6) is -1.51. The molecular formula is C22H17BrF2N2OS. The van der Waals surface area contributed by atoms with E-state index in [1.807, 2.05) is 36.6 Å². The van der Waals surface area contributed by atoms with Gasteiger partial charge in [-0.25, -0.2) is 8.78 Å². The standard InChI is InChI=1S/C22H17BrF2N2OS/c1-13-3-2-4-14(7-13)10-26-22(28)19-9-20-21(17(23)12-29-20)27(19)11-15-5-6-16(24)8-18(15)25/h2-9,12H,10-11H2,1H3,(H,26,28). The molecule has 0 spiro atoms. The van der Waals surface area contributed by atoms with E-state index in [4.69, 9.17) is 0 Å². The van der Waals surface area contributed by atoms with Crippen LogP contribution in [0, 0.1) is 18.6 Å². The summed E-state index contributed by atoms with van der Waals surface area (Å²) >= 11 is 5.01. The van der Waals surface area contributed by atoms with Crippen LogP contribution in [0.4, 0.5) is 8.78 Å². The fourth-order valence-electron chi connectivity index (χ4n) is 3.30. The Balaban J connectivity index is 1.66. The summed E-state index contributed by atoms with van der Waals surface area (Å²) in [7, 11) is 0. The number of carbonyl (C=O) groups excluding carboxylic acids is 1. The highest BCUT2D eigenvalue weighted by atomic mass is 79.9. The quantitative estimate of drug-likeness (QED) is 0.376. The van der Waals surface area contributed by atoms with Crippen molar-refractivity contribution in [2.45, 2.75) is 20.0 Å². The molecular weight excluding hydrogens is 458 g/mol. The van der Waals surface area contributed by atoms with Crippen molar-refractivity contribution in [2.75, 3.05) is 0 Å². The van der Waals surface area contributed by atoms with Gasteiger partial charge >= 0.3 is 0 Å². The number of benzene rings is 2. The summed E-state index contributed by atoms with van der Waals surface area (Å²) < 4.78 is 31.0. The monoisotopic (exact) mass is 474 g/mol. The van der Waals surface area contributed by atoms with E-state index in [-0.39, 0.29) is 12.5 Å². The Morgan fingerprint density at radius 1 is 1.17 bits per heavy atom. The second-order valence-electron chi connectivity index (χ2n) is 6.82. The lowest BCUT2D eigenvalue weighted by atomic mass is 10.1. The highest BCUT2D eigenvalue weighted by molar-refractivity contribution is 9.10. The van der Waals surface area contributed by atoms with E-state index < -0.39 is 11.6 Å². The second kappa shape index (κ2) is 8.08. The minimum absolute atomic E-state index is 0.123. The Hall–Kier alpha value is -2.51. The second-order valence-corrected chi connectivity index (χ2v) is 8.59. The molecule has 0 fully saturated rings. The molecule has 0 unspecified atom stereocenters. The summed E-state index contributed by atoms with van der Waals surface area (Å²) in [6.45, 7) is 2.52. The molecule has 3 nitrogen and oxygen atoms in total. The van der Waals surface area contributed by atoms with Crippen molar-refractivity contribution in [2.24, 2.45) is 0 Å². The first-order valence-electron chi connectivity index (χ1n) is 8.96. The number of fused-ring (bicyclic) bond motifs is 1. The average Bonchev–Trinajstić information content (AvgIpc) is 3.22. The van der Waals surface area contributed by atoms with Crippen molar-refractivity contribution in [1.29, 1.82) is 0 Å². The van der Waals surface area contributed by atoms with Crippen LogP contribution in [0.1, 0.15) is 27.2 Å². The number of halogens is 3. The van der Waals surface area contributed by atoms with E-state index in [1.54, 1.807) is 10.6 Å². The van der Waals surface area contributed by atoms with E-state index >= 15 is 0 Å². The lowest BCUT2D eigenvalue weighted by molar-refractivity contribution is 0.0942. The predicted octanol–water partition coefficient (Wildman–Crippen LogP) is 6.03. The third-order valence-corrected chi connectivity index (χ3v) is 6.52. The van der Waals surface area contributed by atoms with E-state index in [0.29, 0.717) is 17.8 Å². The van der Waals surface area contributed by atoms with Crippen LogP contribution in [0.25, 0.3) is 10.2 Å². The number of rotatable bonds is 5. The van der Waals surface area contributed by atoms with Gasteiger partial charge in [0.1, 0.15) is 17.3 Å². The molecule has 0 saturated heterocycles. The first-order valence-corrected chi connectivity index (χ1v) is 10.6. The maximum absolute atomic E-state index is 14.2. The molecule has 0 atom stereocenters. The highest BCUT2D eigenvalue weighted by Gasteiger charge is 2.20. The molecule has 2 aromatic carbocycles. The minimum atomic E-state index is -0.635. The van der Waals surface area contributed by atoms with Crippen LogP contribution < -0.4 is 5.32 Å². The molecule has 148 valence electrons. The van der Waals surface area contributed by atoms with Crippen LogP contribution in [0.5, 0.6) is 0 Å². The summed E-state index contributed by atoms with van der Waals surface area (Å²) in [5, 5.41) is 4.87. The van der Waals surface area contributed by atoms with Crippen molar-refractivity contribution in [3.63, 3.8) is 0 Å². The Kier molecular flexibility index (Phi) is 5.52. The predicted molar refractivity (Wildman–Crippen MR) is 115 cm³/mol. The molecule has 1 N–H and O–H groups in total. The molecule has 2 aromatic heterocycles. The van der Waals surface area contributed by atoms with Gasteiger partial charge < -0.3 is 9.88 Å². The number of amides is 1. The summed E-state index contributed by atoms with van der Waals surface area (Å²) in [4.78, 5) is 12.9. The molecule has 4 rings (SSSR count). The van der Waals surface area contributed by atoms with Gasteiger partial charge in [0.2, 0.25) is 0 Å². The van der Waals surface area contributed by atoms with Crippen molar-refractivity contribution in [3.8, 4) is 0 Å². The van der Waals surface area contributed by atoms with Crippen LogP contribution in [-0.2, 0) is 13.1 Å². The van der Waals surface area contributed by atoms with Gasteiger partial charge in [0.25, 0.3) is 5.91 Å². The number of nitrogens with zero attached hydrogens (tertiary/aromatic N) is 1. The van der Waals surface area contributed by atoms with Crippen molar-refractivity contribution in [1.82, 2.24) is 9.88 Å². The maximum atomic E-state index is 14.2. The topological polar surface area (TPSA) is 34.0 Å². The van der Waals surface area contributed by atoms with Gasteiger partial charge in [0.05, 0.1) is 21.2 Å². The Labute approximate surface area is 179 Å². The number of hydrogen-bond donors (Lipinski definition) is 1. The molecule has 0 aliphatic rings. The molecule has 2 heterocycles. The zero-order chi connectivity index (χ0) is 20.5. The van der Waals surface area contributed by atoms with E-state index in [9.17, 15) is 13.6 Å². The largest absolute Gasteiger partial charge is 0.347 e. The van der Waals surface area contributed by atoms with Crippen molar-refractivity contribution in [3.05, 3.63) is 92.4 Å². The lowest BCUT2D eigenvalue weighted by Gasteiger charge is -2.12. The Morgan fingerprint density at radius 2 is 2.00 bits per heavy atom. The van der Waals surface area contributed by atoms with Crippen LogP contribution in [-0.4, -0.2) is 10.5 Å². The number of aromatic nitrogens is 1. The average molecular weight is 475 g/mol. The summed E-state index contributed by atoms with van der Waals surface area (Å²) in [5.41, 5.74) is 3.69. The first-order chi connectivity index (χ1) is 13.9. The maximum Gasteiger partial charge on any atom is 0.268 e. The zero-order valence-electron chi connectivity index (χ0n) is 15.5. The summed E-state index contributed by atoms with van der Waals surface area (Å²) in [6.07, 6.45) is 0. The number of thiophene rings is 1. The molecule has 0 saturated carbocycles.